The Labute approximate surface area is 171 Å². The first-order valence-corrected chi connectivity index (χ1v) is 9.67. The minimum Gasteiger partial charge on any atom is -0.484 e. The molecule has 6 nitrogen and oxygen atoms in total. The Bertz CT molecular complexity index is 946. The van der Waals surface area contributed by atoms with Crippen LogP contribution in [0.1, 0.15) is 5.69 Å². The van der Waals surface area contributed by atoms with Crippen molar-refractivity contribution < 1.29 is 19.1 Å². The van der Waals surface area contributed by atoms with Crippen molar-refractivity contribution in [2.24, 2.45) is 0 Å². The zero-order valence-electron chi connectivity index (χ0n) is 14.8. The molecule has 0 saturated carbocycles. The van der Waals surface area contributed by atoms with Crippen LogP contribution in [0.25, 0.3) is 10.6 Å². The number of benzene rings is 2. The highest BCUT2D eigenvalue weighted by Crippen LogP contribution is 2.30. The number of thiazole rings is 1. The zero-order chi connectivity index (χ0) is 19.8. The van der Waals surface area contributed by atoms with Gasteiger partial charge in [-0.3, -0.25) is 9.59 Å². The summed E-state index contributed by atoms with van der Waals surface area (Å²) in [5, 5.41) is 5.62. The maximum atomic E-state index is 11.8. The van der Waals surface area contributed by atoms with Gasteiger partial charge in [-0.25, -0.2) is 4.98 Å². The van der Waals surface area contributed by atoms with Crippen molar-refractivity contribution >= 4 is 34.8 Å². The minimum atomic E-state index is -0.555. The summed E-state index contributed by atoms with van der Waals surface area (Å²) in [7, 11) is 0. The Morgan fingerprint density at radius 2 is 1.82 bits per heavy atom. The average molecular weight is 417 g/mol. The maximum Gasteiger partial charge on any atom is 0.325 e. The minimum absolute atomic E-state index is 0.0240. The van der Waals surface area contributed by atoms with Crippen molar-refractivity contribution in [1.29, 1.82) is 0 Å². The summed E-state index contributed by atoms with van der Waals surface area (Å²) in [5.74, 6) is -0.381. The summed E-state index contributed by atoms with van der Waals surface area (Å²) in [6, 6.07) is 16.3. The van der Waals surface area contributed by atoms with Gasteiger partial charge in [-0.05, 0) is 18.2 Å². The highest BCUT2D eigenvalue weighted by molar-refractivity contribution is 7.13. The molecular formula is C20H17ClN2O4S. The number of aromatic nitrogens is 1. The molecule has 2 aromatic carbocycles. The lowest BCUT2D eigenvalue weighted by Gasteiger charge is -2.07. The van der Waals surface area contributed by atoms with Gasteiger partial charge in [0.05, 0.1) is 10.7 Å². The molecule has 0 aliphatic heterocycles. The number of rotatable bonds is 8. The first kappa shape index (κ1) is 19.9. The van der Waals surface area contributed by atoms with Crippen molar-refractivity contribution in [2.45, 2.75) is 6.61 Å². The molecule has 3 rings (SSSR count). The lowest BCUT2D eigenvalue weighted by atomic mass is 10.2. The van der Waals surface area contributed by atoms with E-state index < -0.39 is 11.9 Å². The molecule has 0 spiro atoms. The number of carbonyl (C=O) groups is 2. The normalized spacial score (nSPS) is 10.3. The lowest BCUT2D eigenvalue weighted by Crippen LogP contribution is -2.34. The van der Waals surface area contributed by atoms with E-state index in [0.717, 1.165) is 10.6 Å². The highest BCUT2D eigenvalue weighted by Gasteiger charge is 2.11. The van der Waals surface area contributed by atoms with Crippen molar-refractivity contribution in [1.82, 2.24) is 10.3 Å². The summed E-state index contributed by atoms with van der Waals surface area (Å²) in [6.45, 7) is -0.390. The predicted molar refractivity (Wildman–Crippen MR) is 107 cm³/mol. The van der Waals surface area contributed by atoms with Gasteiger partial charge in [0.1, 0.15) is 23.9 Å². The Kier molecular flexibility index (Phi) is 7.00. The fraction of sp³-hybridized carbons (Fsp3) is 0.150. The monoisotopic (exact) mass is 416 g/mol. The van der Waals surface area contributed by atoms with E-state index in [0.29, 0.717) is 16.5 Å². The topological polar surface area (TPSA) is 77.5 Å². The number of carbonyl (C=O) groups excluding carboxylic acids is 2. The van der Waals surface area contributed by atoms with Crippen LogP contribution in [-0.2, 0) is 20.9 Å². The van der Waals surface area contributed by atoms with E-state index in [1.807, 2.05) is 24.3 Å². The second-order valence-electron chi connectivity index (χ2n) is 5.66. The van der Waals surface area contributed by atoms with Gasteiger partial charge in [0.25, 0.3) is 5.91 Å². The first-order chi connectivity index (χ1) is 13.6. The summed E-state index contributed by atoms with van der Waals surface area (Å²) in [5.41, 5.74) is 1.45. The van der Waals surface area contributed by atoms with Gasteiger partial charge in [-0.2, -0.15) is 0 Å². The highest BCUT2D eigenvalue weighted by atomic mass is 35.5. The zero-order valence-corrected chi connectivity index (χ0v) is 16.3. The molecule has 0 atom stereocenters. The third-order valence-electron chi connectivity index (χ3n) is 3.58. The van der Waals surface area contributed by atoms with Crippen LogP contribution in [0.5, 0.6) is 5.75 Å². The Morgan fingerprint density at radius 1 is 1.07 bits per heavy atom. The van der Waals surface area contributed by atoms with E-state index in [2.05, 4.69) is 10.3 Å². The number of ether oxygens (including phenoxy) is 2. The number of nitrogens with one attached hydrogen (secondary N) is 1. The van der Waals surface area contributed by atoms with Crippen LogP contribution >= 0.6 is 22.9 Å². The summed E-state index contributed by atoms with van der Waals surface area (Å²) < 4.78 is 10.4. The second-order valence-corrected chi connectivity index (χ2v) is 6.93. The SMILES string of the molecule is O=C(COc1ccccc1)NCC(=O)OCc1csc(-c2ccccc2Cl)n1. The molecule has 1 amide bonds. The molecule has 0 unspecified atom stereocenters. The predicted octanol–water partition coefficient (Wildman–Crippen LogP) is 3.70. The molecule has 144 valence electrons. The van der Waals surface area contributed by atoms with E-state index in [1.54, 1.807) is 35.7 Å². The average Bonchev–Trinajstić information content (AvgIpc) is 3.19. The number of hydrogen-bond acceptors (Lipinski definition) is 6. The van der Waals surface area contributed by atoms with E-state index in [4.69, 9.17) is 21.1 Å². The summed E-state index contributed by atoms with van der Waals surface area (Å²) in [6.07, 6.45) is 0. The van der Waals surface area contributed by atoms with Crippen molar-refractivity contribution in [3.05, 3.63) is 70.7 Å². The van der Waals surface area contributed by atoms with Crippen LogP contribution < -0.4 is 10.1 Å². The largest absolute Gasteiger partial charge is 0.484 e. The molecule has 3 aromatic rings. The van der Waals surface area contributed by atoms with Crippen molar-refractivity contribution in [2.75, 3.05) is 13.2 Å². The molecule has 1 aromatic heterocycles. The lowest BCUT2D eigenvalue weighted by molar-refractivity contribution is -0.145. The van der Waals surface area contributed by atoms with Gasteiger partial charge >= 0.3 is 5.97 Å². The molecule has 1 heterocycles. The molecule has 28 heavy (non-hydrogen) atoms. The summed E-state index contributed by atoms with van der Waals surface area (Å²) in [4.78, 5) is 27.9. The van der Waals surface area contributed by atoms with Gasteiger partial charge in [-0.1, -0.05) is 48.0 Å². The molecule has 0 saturated heterocycles. The number of esters is 1. The smallest absolute Gasteiger partial charge is 0.325 e. The Balaban J connectivity index is 1.40. The van der Waals surface area contributed by atoms with Gasteiger partial charge in [0, 0.05) is 10.9 Å². The molecular weight excluding hydrogens is 400 g/mol. The molecule has 1 N–H and O–H groups in total. The number of hydrogen-bond donors (Lipinski definition) is 1. The fourth-order valence-electron chi connectivity index (χ4n) is 2.22. The third-order valence-corrected chi connectivity index (χ3v) is 4.83. The molecule has 0 aliphatic rings. The summed E-state index contributed by atoms with van der Waals surface area (Å²) >= 11 is 7.58. The Morgan fingerprint density at radius 3 is 2.61 bits per heavy atom. The number of halogens is 1. The van der Waals surface area contributed by atoms with E-state index >= 15 is 0 Å². The molecule has 0 bridgehead atoms. The quantitative estimate of drug-likeness (QED) is 0.566. The third kappa shape index (κ3) is 5.80. The van der Waals surface area contributed by atoms with Gasteiger partial charge < -0.3 is 14.8 Å². The van der Waals surface area contributed by atoms with E-state index in [1.165, 1.54) is 11.3 Å². The first-order valence-electron chi connectivity index (χ1n) is 8.41. The van der Waals surface area contributed by atoms with Gasteiger partial charge in [0.15, 0.2) is 6.61 Å². The van der Waals surface area contributed by atoms with Crippen LogP contribution in [0.3, 0.4) is 0 Å². The fourth-order valence-corrected chi connectivity index (χ4v) is 3.35. The van der Waals surface area contributed by atoms with Crippen LogP contribution in [0.15, 0.2) is 60.0 Å². The standard InChI is InChI=1S/C20H17ClN2O4S/c21-17-9-5-4-8-16(17)20-23-14(13-28-20)11-27-19(25)10-22-18(24)12-26-15-6-2-1-3-7-15/h1-9,13H,10-12H2,(H,22,24). The van der Waals surface area contributed by atoms with Crippen LogP contribution in [-0.4, -0.2) is 30.0 Å². The van der Waals surface area contributed by atoms with Gasteiger partial charge in [-0.15, -0.1) is 11.3 Å². The molecule has 0 aliphatic carbocycles. The molecule has 0 fully saturated rings. The van der Waals surface area contributed by atoms with Crippen molar-refractivity contribution in [3.63, 3.8) is 0 Å². The van der Waals surface area contributed by atoms with Crippen LogP contribution in [0, 0.1) is 0 Å². The molecule has 8 heteroatoms. The molecule has 0 radical (unpaired) electrons. The number of para-hydroxylation sites is 1. The van der Waals surface area contributed by atoms with Crippen molar-refractivity contribution in [3.8, 4) is 16.3 Å². The van der Waals surface area contributed by atoms with E-state index in [9.17, 15) is 9.59 Å². The number of nitrogens with zero attached hydrogens (tertiary/aromatic N) is 1. The second kappa shape index (κ2) is 9.87. The van der Waals surface area contributed by atoms with Crippen LogP contribution in [0.2, 0.25) is 5.02 Å². The van der Waals surface area contributed by atoms with Gasteiger partial charge in [0.2, 0.25) is 0 Å². The van der Waals surface area contributed by atoms with E-state index in [-0.39, 0.29) is 19.8 Å². The van der Waals surface area contributed by atoms with Crippen LogP contribution in [0.4, 0.5) is 0 Å². The number of amides is 1. The maximum absolute atomic E-state index is 11.8. The Hall–Kier alpha value is -2.90.